The van der Waals surface area contributed by atoms with Gasteiger partial charge in [0.25, 0.3) is 0 Å². The van der Waals surface area contributed by atoms with E-state index < -0.39 is 0 Å². The van der Waals surface area contributed by atoms with Crippen molar-refractivity contribution in [3.05, 3.63) is 58.7 Å². The molecule has 1 N–H and O–H groups in total. The first-order valence-corrected chi connectivity index (χ1v) is 7.68. The second-order valence-electron chi connectivity index (χ2n) is 5.66. The summed E-state index contributed by atoms with van der Waals surface area (Å²) in [6.07, 6.45) is 5.82. The monoisotopic (exact) mass is 283 g/mol. The van der Waals surface area contributed by atoms with Crippen LogP contribution in [0.2, 0.25) is 0 Å². The molecule has 2 aromatic rings. The highest BCUT2D eigenvalue weighted by atomic mass is 14.9. The lowest BCUT2D eigenvalue weighted by atomic mass is 9.95. The number of nitrogens with one attached hydrogen (secondary N) is 1. The largest absolute Gasteiger partial charge is 0.308 e. The third-order valence-corrected chi connectivity index (χ3v) is 3.85. The fourth-order valence-electron chi connectivity index (χ4n) is 2.56. The summed E-state index contributed by atoms with van der Waals surface area (Å²) in [4.78, 5) is 8.95. The van der Waals surface area contributed by atoms with E-state index in [9.17, 15) is 0 Å². The molecular weight excluding hydrogens is 258 g/mol. The molecule has 0 bridgehead atoms. The summed E-state index contributed by atoms with van der Waals surface area (Å²) in [6.45, 7) is 9.51. The van der Waals surface area contributed by atoms with Crippen LogP contribution in [0.5, 0.6) is 0 Å². The van der Waals surface area contributed by atoms with Gasteiger partial charge in [-0.3, -0.25) is 9.97 Å². The molecule has 0 spiro atoms. The molecule has 1 atom stereocenters. The van der Waals surface area contributed by atoms with Gasteiger partial charge in [-0.05, 0) is 56.8 Å². The molecule has 112 valence electrons. The van der Waals surface area contributed by atoms with Gasteiger partial charge in [-0.15, -0.1) is 0 Å². The van der Waals surface area contributed by atoms with Crippen LogP contribution in [-0.2, 0) is 6.42 Å². The second-order valence-corrected chi connectivity index (χ2v) is 5.66. The van der Waals surface area contributed by atoms with Crippen molar-refractivity contribution in [3.63, 3.8) is 0 Å². The highest BCUT2D eigenvalue weighted by Crippen LogP contribution is 2.21. The molecule has 0 aliphatic heterocycles. The molecule has 1 aromatic carbocycles. The molecule has 0 aliphatic carbocycles. The van der Waals surface area contributed by atoms with Crippen molar-refractivity contribution in [3.8, 4) is 0 Å². The Morgan fingerprint density at radius 1 is 1.05 bits per heavy atom. The zero-order valence-electron chi connectivity index (χ0n) is 13.5. The lowest BCUT2D eigenvalue weighted by Gasteiger charge is -2.20. The first kappa shape index (κ1) is 15.6. The molecular formula is C18H25N3. The summed E-state index contributed by atoms with van der Waals surface area (Å²) in [7, 11) is 0. The Labute approximate surface area is 127 Å². The van der Waals surface area contributed by atoms with Crippen LogP contribution in [0.25, 0.3) is 0 Å². The number of rotatable bonds is 6. The highest BCUT2D eigenvalue weighted by molar-refractivity contribution is 5.34. The summed E-state index contributed by atoms with van der Waals surface area (Å²) in [5.41, 5.74) is 6.09. The zero-order chi connectivity index (χ0) is 15.2. The molecule has 1 aromatic heterocycles. The third-order valence-electron chi connectivity index (χ3n) is 3.85. The average Bonchev–Trinajstić information content (AvgIpc) is 2.47. The molecule has 0 aliphatic rings. The molecule has 0 fully saturated rings. The summed E-state index contributed by atoms with van der Waals surface area (Å²) < 4.78 is 0. The maximum absolute atomic E-state index is 4.56. The van der Waals surface area contributed by atoms with E-state index in [2.05, 4.69) is 54.3 Å². The van der Waals surface area contributed by atoms with Crippen molar-refractivity contribution in [2.45, 2.75) is 46.6 Å². The van der Waals surface area contributed by atoms with Gasteiger partial charge in [0.15, 0.2) is 0 Å². The first-order valence-electron chi connectivity index (χ1n) is 7.68. The van der Waals surface area contributed by atoms with Crippen molar-refractivity contribution in [2.24, 2.45) is 0 Å². The lowest BCUT2D eigenvalue weighted by Crippen LogP contribution is -2.25. The van der Waals surface area contributed by atoms with Crippen molar-refractivity contribution in [1.29, 1.82) is 0 Å². The predicted molar refractivity (Wildman–Crippen MR) is 87.4 cm³/mol. The van der Waals surface area contributed by atoms with E-state index in [1.54, 1.807) is 0 Å². The van der Waals surface area contributed by atoms with Crippen LogP contribution in [0.3, 0.4) is 0 Å². The van der Waals surface area contributed by atoms with E-state index in [1.807, 2.05) is 19.3 Å². The van der Waals surface area contributed by atoms with E-state index in [-0.39, 0.29) is 6.04 Å². The van der Waals surface area contributed by atoms with Crippen LogP contribution in [0.1, 0.15) is 47.5 Å². The molecule has 1 unspecified atom stereocenters. The van der Waals surface area contributed by atoms with Crippen molar-refractivity contribution < 1.29 is 0 Å². The van der Waals surface area contributed by atoms with Gasteiger partial charge >= 0.3 is 0 Å². The van der Waals surface area contributed by atoms with Gasteiger partial charge in [-0.25, -0.2) is 0 Å². The number of hydrogen-bond donors (Lipinski definition) is 1. The normalized spacial score (nSPS) is 12.4. The molecule has 3 heteroatoms. The quantitative estimate of drug-likeness (QED) is 0.878. The first-order chi connectivity index (χ1) is 10.1. The van der Waals surface area contributed by atoms with Crippen molar-refractivity contribution in [2.75, 3.05) is 6.54 Å². The summed E-state index contributed by atoms with van der Waals surface area (Å²) in [5, 5.41) is 3.61. The SMILES string of the molecule is CCCNC(Cc1c(C)cccc1C)c1cnc(C)cn1. The van der Waals surface area contributed by atoms with Gasteiger partial charge in [0.2, 0.25) is 0 Å². The van der Waals surface area contributed by atoms with Crippen LogP contribution in [0.4, 0.5) is 0 Å². The Morgan fingerprint density at radius 2 is 1.76 bits per heavy atom. The molecule has 0 amide bonds. The Hall–Kier alpha value is -1.74. The lowest BCUT2D eigenvalue weighted by molar-refractivity contribution is 0.514. The minimum atomic E-state index is 0.220. The van der Waals surface area contributed by atoms with Crippen molar-refractivity contribution >= 4 is 0 Å². The van der Waals surface area contributed by atoms with Crippen LogP contribution in [-0.4, -0.2) is 16.5 Å². The van der Waals surface area contributed by atoms with E-state index >= 15 is 0 Å². The Morgan fingerprint density at radius 3 is 2.33 bits per heavy atom. The fraction of sp³-hybridized carbons (Fsp3) is 0.444. The molecule has 0 saturated heterocycles. The average molecular weight is 283 g/mol. The number of benzene rings is 1. The number of aryl methyl sites for hydroxylation is 3. The topological polar surface area (TPSA) is 37.8 Å². The van der Waals surface area contributed by atoms with Crippen LogP contribution in [0, 0.1) is 20.8 Å². The number of hydrogen-bond acceptors (Lipinski definition) is 3. The zero-order valence-corrected chi connectivity index (χ0v) is 13.5. The summed E-state index contributed by atoms with van der Waals surface area (Å²) in [6, 6.07) is 6.70. The van der Waals surface area contributed by atoms with Gasteiger partial charge < -0.3 is 5.32 Å². The number of nitrogens with zero attached hydrogens (tertiary/aromatic N) is 2. The Kier molecular flexibility index (Phi) is 5.45. The van der Waals surface area contributed by atoms with Crippen LogP contribution < -0.4 is 5.32 Å². The van der Waals surface area contributed by atoms with Gasteiger partial charge in [-0.1, -0.05) is 25.1 Å². The summed E-state index contributed by atoms with van der Waals surface area (Å²) >= 11 is 0. The van der Waals surface area contributed by atoms with Gasteiger partial charge in [-0.2, -0.15) is 0 Å². The summed E-state index contributed by atoms with van der Waals surface area (Å²) in [5.74, 6) is 0. The Bertz CT molecular complexity index is 555. The molecule has 0 saturated carbocycles. The van der Waals surface area contributed by atoms with E-state index in [0.717, 1.165) is 30.8 Å². The van der Waals surface area contributed by atoms with Gasteiger partial charge in [0.1, 0.15) is 0 Å². The number of aromatic nitrogens is 2. The van der Waals surface area contributed by atoms with Crippen LogP contribution >= 0.6 is 0 Å². The van der Waals surface area contributed by atoms with Crippen molar-refractivity contribution in [1.82, 2.24) is 15.3 Å². The van der Waals surface area contributed by atoms with E-state index in [1.165, 1.54) is 16.7 Å². The Balaban J connectivity index is 2.26. The third kappa shape index (κ3) is 4.11. The van der Waals surface area contributed by atoms with Gasteiger partial charge in [0.05, 0.1) is 23.6 Å². The standard InChI is InChI=1S/C18H25N3/c1-5-9-19-17(18-12-20-15(4)11-21-18)10-16-13(2)7-6-8-14(16)3/h6-8,11-12,17,19H,5,9-10H2,1-4H3. The van der Waals surface area contributed by atoms with E-state index in [0.29, 0.717) is 0 Å². The highest BCUT2D eigenvalue weighted by Gasteiger charge is 2.15. The maximum atomic E-state index is 4.56. The van der Waals surface area contributed by atoms with Crippen LogP contribution in [0.15, 0.2) is 30.6 Å². The molecule has 2 rings (SSSR count). The molecule has 21 heavy (non-hydrogen) atoms. The fourth-order valence-corrected chi connectivity index (χ4v) is 2.56. The molecule has 0 radical (unpaired) electrons. The molecule has 3 nitrogen and oxygen atoms in total. The van der Waals surface area contributed by atoms with E-state index in [4.69, 9.17) is 0 Å². The minimum Gasteiger partial charge on any atom is -0.308 e. The van der Waals surface area contributed by atoms with Gasteiger partial charge in [0, 0.05) is 6.20 Å². The predicted octanol–water partition coefficient (Wildman–Crippen LogP) is 3.69. The minimum absolute atomic E-state index is 0.220. The maximum Gasteiger partial charge on any atom is 0.0759 e. The second kappa shape index (κ2) is 7.32. The molecule has 1 heterocycles. The smallest absolute Gasteiger partial charge is 0.0759 e.